The third-order valence-corrected chi connectivity index (χ3v) is 3.97. The number of carbonyl (C=O) groups excluding carboxylic acids is 1. The van der Waals surface area contributed by atoms with Crippen LogP contribution in [0.3, 0.4) is 0 Å². The number of amides is 1. The summed E-state index contributed by atoms with van der Waals surface area (Å²) in [6, 6.07) is 17.1. The number of benzene rings is 2. The van der Waals surface area contributed by atoms with Crippen molar-refractivity contribution in [3.63, 3.8) is 0 Å². The molecule has 0 aliphatic heterocycles. The Morgan fingerprint density at radius 3 is 2.52 bits per heavy atom. The van der Waals surface area contributed by atoms with Crippen LogP contribution in [0.4, 0.5) is 0 Å². The van der Waals surface area contributed by atoms with E-state index < -0.39 is 0 Å². The summed E-state index contributed by atoms with van der Waals surface area (Å²) in [6.07, 6.45) is 2.04. The average molecular weight is 356 g/mol. The summed E-state index contributed by atoms with van der Waals surface area (Å²) < 4.78 is 1.76. The van der Waals surface area contributed by atoms with Gasteiger partial charge >= 0.3 is 0 Å². The standard InChI is InChI=1S/C19H18ClN3O2/c20-16-8-6-14(7-9-16)19-15(12-18(25)21-10-11-24)13-23(22-19)17-4-2-1-3-5-17/h1-9,13,24H,10-12H2,(H,21,25). The first-order valence-corrected chi connectivity index (χ1v) is 8.32. The van der Waals surface area contributed by atoms with Crippen LogP contribution in [0.15, 0.2) is 60.8 Å². The van der Waals surface area contributed by atoms with Crippen LogP contribution in [0.2, 0.25) is 5.02 Å². The van der Waals surface area contributed by atoms with Gasteiger partial charge in [-0.3, -0.25) is 4.79 Å². The van der Waals surface area contributed by atoms with Crippen molar-refractivity contribution in [3.8, 4) is 16.9 Å². The largest absolute Gasteiger partial charge is 0.395 e. The molecule has 2 N–H and O–H groups in total. The maximum Gasteiger partial charge on any atom is 0.224 e. The van der Waals surface area contributed by atoms with Crippen molar-refractivity contribution < 1.29 is 9.90 Å². The summed E-state index contributed by atoms with van der Waals surface area (Å²) in [6.45, 7) is 0.154. The Bertz CT molecular complexity index is 845. The van der Waals surface area contributed by atoms with E-state index in [2.05, 4.69) is 10.4 Å². The van der Waals surface area contributed by atoms with E-state index in [0.29, 0.717) is 5.02 Å². The molecule has 0 fully saturated rings. The van der Waals surface area contributed by atoms with Gasteiger partial charge in [0, 0.05) is 28.9 Å². The van der Waals surface area contributed by atoms with Gasteiger partial charge in [0.2, 0.25) is 5.91 Å². The highest BCUT2D eigenvalue weighted by Gasteiger charge is 2.15. The van der Waals surface area contributed by atoms with Crippen molar-refractivity contribution in [1.82, 2.24) is 15.1 Å². The highest BCUT2D eigenvalue weighted by atomic mass is 35.5. The third-order valence-electron chi connectivity index (χ3n) is 3.71. The molecular formula is C19H18ClN3O2. The Morgan fingerprint density at radius 2 is 1.84 bits per heavy atom. The minimum Gasteiger partial charge on any atom is -0.395 e. The maximum atomic E-state index is 12.1. The van der Waals surface area contributed by atoms with Gasteiger partial charge in [-0.1, -0.05) is 41.9 Å². The second kappa shape index (κ2) is 7.96. The average Bonchev–Trinajstić information content (AvgIpc) is 3.05. The summed E-state index contributed by atoms with van der Waals surface area (Å²) in [5, 5.41) is 16.8. The van der Waals surface area contributed by atoms with Crippen LogP contribution in [0.5, 0.6) is 0 Å². The zero-order chi connectivity index (χ0) is 17.6. The highest BCUT2D eigenvalue weighted by Crippen LogP contribution is 2.25. The fourth-order valence-electron chi connectivity index (χ4n) is 2.53. The summed E-state index contributed by atoms with van der Waals surface area (Å²) in [5.41, 5.74) is 3.35. The Balaban J connectivity index is 1.97. The molecule has 0 spiro atoms. The van der Waals surface area contributed by atoms with Crippen LogP contribution < -0.4 is 5.32 Å². The molecule has 25 heavy (non-hydrogen) atoms. The molecular weight excluding hydrogens is 338 g/mol. The summed E-state index contributed by atoms with van der Waals surface area (Å²) in [5.74, 6) is -0.156. The fourth-order valence-corrected chi connectivity index (χ4v) is 2.66. The van der Waals surface area contributed by atoms with Crippen LogP contribution in [0.25, 0.3) is 16.9 Å². The third kappa shape index (κ3) is 4.26. The van der Waals surface area contributed by atoms with E-state index in [1.807, 2.05) is 48.7 Å². The highest BCUT2D eigenvalue weighted by molar-refractivity contribution is 6.30. The topological polar surface area (TPSA) is 67.2 Å². The Hall–Kier alpha value is -2.63. The lowest BCUT2D eigenvalue weighted by atomic mass is 10.1. The molecule has 0 radical (unpaired) electrons. The molecule has 0 unspecified atom stereocenters. The van der Waals surface area contributed by atoms with Crippen molar-refractivity contribution in [1.29, 1.82) is 0 Å². The molecule has 128 valence electrons. The van der Waals surface area contributed by atoms with Crippen molar-refractivity contribution in [2.75, 3.05) is 13.2 Å². The number of hydrogen-bond acceptors (Lipinski definition) is 3. The smallest absolute Gasteiger partial charge is 0.224 e. The Kier molecular flexibility index (Phi) is 5.48. The molecule has 0 aliphatic carbocycles. The number of aliphatic hydroxyl groups excluding tert-OH is 1. The van der Waals surface area contributed by atoms with Crippen molar-refractivity contribution in [3.05, 3.63) is 71.4 Å². The molecule has 3 aromatic rings. The maximum absolute atomic E-state index is 12.1. The minimum atomic E-state index is -0.156. The quantitative estimate of drug-likeness (QED) is 0.714. The van der Waals surface area contributed by atoms with E-state index in [4.69, 9.17) is 16.7 Å². The van der Waals surface area contributed by atoms with Crippen LogP contribution in [0, 0.1) is 0 Å². The predicted molar refractivity (Wildman–Crippen MR) is 97.8 cm³/mol. The Morgan fingerprint density at radius 1 is 1.12 bits per heavy atom. The molecule has 0 saturated carbocycles. The first-order valence-electron chi connectivity index (χ1n) is 7.95. The monoisotopic (exact) mass is 355 g/mol. The Labute approximate surface area is 150 Å². The first kappa shape index (κ1) is 17.2. The molecule has 0 aliphatic rings. The lowest BCUT2D eigenvalue weighted by molar-refractivity contribution is -0.120. The lowest BCUT2D eigenvalue weighted by Crippen LogP contribution is -2.27. The van der Waals surface area contributed by atoms with Crippen LogP contribution >= 0.6 is 11.6 Å². The van der Waals surface area contributed by atoms with Gasteiger partial charge in [-0.15, -0.1) is 0 Å². The molecule has 3 rings (SSSR count). The van der Waals surface area contributed by atoms with Gasteiger partial charge in [0.25, 0.3) is 0 Å². The van der Waals surface area contributed by atoms with E-state index in [-0.39, 0.29) is 25.5 Å². The van der Waals surface area contributed by atoms with E-state index in [9.17, 15) is 4.79 Å². The molecule has 1 amide bonds. The van der Waals surface area contributed by atoms with Crippen LogP contribution in [0.1, 0.15) is 5.56 Å². The van der Waals surface area contributed by atoms with Gasteiger partial charge in [-0.05, 0) is 24.3 Å². The molecule has 6 heteroatoms. The normalized spacial score (nSPS) is 10.6. The van der Waals surface area contributed by atoms with Gasteiger partial charge in [-0.25, -0.2) is 4.68 Å². The number of nitrogens with zero attached hydrogens (tertiary/aromatic N) is 2. The summed E-state index contributed by atoms with van der Waals surface area (Å²) >= 11 is 5.97. The zero-order valence-electron chi connectivity index (χ0n) is 13.5. The zero-order valence-corrected chi connectivity index (χ0v) is 14.3. The number of nitrogens with one attached hydrogen (secondary N) is 1. The number of hydrogen-bond donors (Lipinski definition) is 2. The molecule has 0 bridgehead atoms. The van der Waals surface area contributed by atoms with E-state index >= 15 is 0 Å². The SMILES string of the molecule is O=C(Cc1cn(-c2ccccc2)nc1-c1ccc(Cl)cc1)NCCO. The number of aromatic nitrogens is 2. The molecule has 1 heterocycles. The number of carbonyl (C=O) groups is 1. The first-order chi connectivity index (χ1) is 12.2. The summed E-state index contributed by atoms with van der Waals surface area (Å²) in [4.78, 5) is 12.1. The second-order valence-electron chi connectivity index (χ2n) is 5.54. The summed E-state index contributed by atoms with van der Waals surface area (Å²) in [7, 11) is 0. The lowest BCUT2D eigenvalue weighted by Gasteiger charge is -2.04. The van der Waals surface area contributed by atoms with Gasteiger partial charge in [0.15, 0.2) is 0 Å². The van der Waals surface area contributed by atoms with Crippen molar-refractivity contribution in [2.45, 2.75) is 6.42 Å². The van der Waals surface area contributed by atoms with Crippen molar-refractivity contribution >= 4 is 17.5 Å². The van der Waals surface area contributed by atoms with Gasteiger partial charge < -0.3 is 10.4 Å². The molecule has 0 saturated heterocycles. The van der Waals surface area contributed by atoms with E-state index in [1.54, 1.807) is 16.8 Å². The number of para-hydroxylation sites is 1. The molecule has 2 aromatic carbocycles. The van der Waals surface area contributed by atoms with Gasteiger partial charge in [0.05, 0.1) is 24.4 Å². The van der Waals surface area contributed by atoms with Crippen LogP contribution in [-0.2, 0) is 11.2 Å². The van der Waals surface area contributed by atoms with Crippen LogP contribution in [-0.4, -0.2) is 33.9 Å². The number of rotatable bonds is 6. The minimum absolute atomic E-state index is 0.0843. The number of aliphatic hydroxyl groups is 1. The van der Waals surface area contributed by atoms with Gasteiger partial charge in [0.1, 0.15) is 0 Å². The van der Waals surface area contributed by atoms with E-state index in [0.717, 1.165) is 22.5 Å². The molecule has 5 nitrogen and oxygen atoms in total. The fraction of sp³-hybridized carbons (Fsp3) is 0.158. The molecule has 1 aromatic heterocycles. The second-order valence-corrected chi connectivity index (χ2v) is 5.98. The van der Waals surface area contributed by atoms with Gasteiger partial charge in [-0.2, -0.15) is 5.10 Å². The van der Waals surface area contributed by atoms with Crippen molar-refractivity contribution in [2.24, 2.45) is 0 Å². The predicted octanol–water partition coefficient (Wildman–Crippen LogP) is 2.84. The molecule has 0 atom stereocenters. The number of halogens is 1. The van der Waals surface area contributed by atoms with E-state index in [1.165, 1.54) is 0 Å².